The van der Waals surface area contributed by atoms with Crippen LogP contribution in [-0.2, 0) is 24.7 Å². The van der Waals surface area contributed by atoms with Crippen LogP contribution in [0.4, 0.5) is 0 Å². The molecule has 0 N–H and O–H groups in total. The van der Waals surface area contributed by atoms with Gasteiger partial charge in [-0.2, -0.15) is 5.10 Å². The lowest BCUT2D eigenvalue weighted by molar-refractivity contribution is -0.132. The lowest BCUT2D eigenvalue weighted by Crippen LogP contribution is -2.54. The quantitative estimate of drug-likeness (QED) is 0.837. The first kappa shape index (κ1) is 16.2. The van der Waals surface area contributed by atoms with Crippen molar-refractivity contribution < 1.29 is 4.79 Å². The number of carbonyl (C=O) groups is 1. The van der Waals surface area contributed by atoms with Gasteiger partial charge in [0.05, 0.1) is 17.7 Å². The van der Waals surface area contributed by atoms with Crippen LogP contribution >= 0.6 is 0 Å². The fourth-order valence-corrected chi connectivity index (χ4v) is 3.67. The molecule has 0 saturated heterocycles. The van der Waals surface area contributed by atoms with Gasteiger partial charge in [-0.3, -0.25) is 14.4 Å². The van der Waals surface area contributed by atoms with Crippen molar-refractivity contribution in [3.05, 3.63) is 17.5 Å². The molecular weight excluding hydrogens is 262 g/mol. The average Bonchev–Trinajstić information content (AvgIpc) is 2.79. The molecule has 1 aromatic heterocycles. The topological polar surface area (TPSA) is 38.1 Å². The molecule has 21 heavy (non-hydrogen) atoms. The first-order valence-corrected chi connectivity index (χ1v) is 8.11. The van der Waals surface area contributed by atoms with Gasteiger partial charge in [0, 0.05) is 12.7 Å². The Balaban J connectivity index is 2.21. The molecule has 118 valence electrons. The molecule has 1 aliphatic rings. The van der Waals surface area contributed by atoms with E-state index in [0.717, 1.165) is 37.1 Å². The maximum atomic E-state index is 13.0. The van der Waals surface area contributed by atoms with Crippen LogP contribution in [0.1, 0.15) is 50.9 Å². The lowest BCUT2D eigenvalue weighted by atomic mass is 9.72. The van der Waals surface area contributed by atoms with Crippen LogP contribution in [0, 0.1) is 5.92 Å². The van der Waals surface area contributed by atoms with Gasteiger partial charge in [-0.15, -0.1) is 0 Å². The molecule has 0 spiro atoms. The number of aromatic nitrogens is 2. The second-order valence-electron chi connectivity index (χ2n) is 6.83. The zero-order valence-electron chi connectivity index (χ0n) is 14.1. The van der Waals surface area contributed by atoms with Crippen LogP contribution in [0.25, 0.3) is 0 Å². The van der Waals surface area contributed by atoms with E-state index >= 15 is 0 Å². The predicted molar refractivity (Wildman–Crippen MR) is 85.3 cm³/mol. The number of likely N-dealkylation sites (N-methyl/N-ethyl adjacent to an activating group) is 1. The fraction of sp³-hybridized carbons (Fsp3) is 0.765. The Hall–Kier alpha value is -1.16. The molecule has 4 heteroatoms. The number of hydrogen-bond acceptors (Lipinski definition) is 3. The number of hydrogen-bond donors (Lipinski definition) is 0. The monoisotopic (exact) mass is 291 g/mol. The summed E-state index contributed by atoms with van der Waals surface area (Å²) in [5, 5.41) is 4.46. The highest BCUT2D eigenvalue weighted by Crippen LogP contribution is 2.37. The van der Waals surface area contributed by atoms with Gasteiger partial charge in [0.15, 0.2) is 5.78 Å². The van der Waals surface area contributed by atoms with Crippen LogP contribution in [0.2, 0.25) is 0 Å². The number of rotatable bonds is 5. The number of aryl methyl sites for hydroxylation is 2. The van der Waals surface area contributed by atoms with Crippen molar-refractivity contribution in [3.63, 3.8) is 0 Å². The van der Waals surface area contributed by atoms with Crippen molar-refractivity contribution in [2.75, 3.05) is 14.1 Å². The van der Waals surface area contributed by atoms with E-state index in [1.807, 2.05) is 11.7 Å². The molecule has 1 fully saturated rings. The average molecular weight is 291 g/mol. The first-order valence-electron chi connectivity index (χ1n) is 8.11. The van der Waals surface area contributed by atoms with E-state index in [0.29, 0.717) is 18.1 Å². The SMILES string of the molecule is CCc1cc(CC(=O)C2(N(C)C)CCCC(C)C2)n(C)n1. The third-order valence-corrected chi connectivity index (χ3v) is 5.08. The van der Waals surface area contributed by atoms with Gasteiger partial charge in [-0.25, -0.2) is 0 Å². The molecule has 1 saturated carbocycles. The molecule has 4 nitrogen and oxygen atoms in total. The Labute approximate surface area is 128 Å². The molecule has 0 aliphatic heterocycles. The van der Waals surface area contributed by atoms with Crippen molar-refractivity contribution in [1.29, 1.82) is 0 Å². The minimum atomic E-state index is -0.283. The van der Waals surface area contributed by atoms with E-state index in [9.17, 15) is 4.79 Å². The maximum Gasteiger partial charge on any atom is 0.158 e. The summed E-state index contributed by atoms with van der Waals surface area (Å²) < 4.78 is 1.87. The van der Waals surface area contributed by atoms with Crippen LogP contribution in [0.3, 0.4) is 0 Å². The van der Waals surface area contributed by atoms with Gasteiger partial charge in [0.2, 0.25) is 0 Å². The summed E-state index contributed by atoms with van der Waals surface area (Å²) in [4.78, 5) is 15.2. The summed E-state index contributed by atoms with van der Waals surface area (Å²) in [6, 6.07) is 2.08. The van der Waals surface area contributed by atoms with Gasteiger partial charge in [0.1, 0.15) is 0 Å². The Morgan fingerprint density at radius 3 is 2.76 bits per heavy atom. The van der Waals surface area contributed by atoms with Crippen molar-refractivity contribution >= 4 is 5.78 Å². The van der Waals surface area contributed by atoms with Gasteiger partial charge in [-0.1, -0.05) is 26.7 Å². The van der Waals surface area contributed by atoms with Gasteiger partial charge < -0.3 is 0 Å². The molecule has 1 aliphatic carbocycles. The summed E-state index contributed by atoms with van der Waals surface area (Å²) in [5.74, 6) is 0.979. The van der Waals surface area contributed by atoms with Gasteiger partial charge >= 0.3 is 0 Å². The Morgan fingerprint density at radius 1 is 1.52 bits per heavy atom. The molecule has 1 heterocycles. The highest BCUT2D eigenvalue weighted by atomic mass is 16.1. The van der Waals surface area contributed by atoms with Gasteiger partial charge in [-0.05, 0) is 45.3 Å². The summed E-state index contributed by atoms with van der Waals surface area (Å²) in [7, 11) is 6.04. The molecule has 2 atom stereocenters. The third kappa shape index (κ3) is 3.20. The zero-order valence-corrected chi connectivity index (χ0v) is 14.1. The molecular formula is C17H29N3O. The summed E-state index contributed by atoms with van der Waals surface area (Å²) >= 11 is 0. The van der Waals surface area contributed by atoms with E-state index in [1.165, 1.54) is 6.42 Å². The highest BCUT2D eigenvalue weighted by molar-refractivity contribution is 5.90. The normalized spacial score (nSPS) is 26.3. The zero-order chi connectivity index (χ0) is 15.6. The summed E-state index contributed by atoms with van der Waals surface area (Å²) in [6.07, 6.45) is 5.77. The van der Waals surface area contributed by atoms with Crippen LogP contribution in [0.5, 0.6) is 0 Å². The van der Waals surface area contributed by atoms with E-state index in [1.54, 1.807) is 0 Å². The van der Waals surface area contributed by atoms with Crippen LogP contribution in [0.15, 0.2) is 6.07 Å². The maximum absolute atomic E-state index is 13.0. The molecule has 0 aromatic carbocycles. The van der Waals surface area contributed by atoms with Gasteiger partial charge in [0.25, 0.3) is 0 Å². The lowest BCUT2D eigenvalue weighted by Gasteiger charge is -2.43. The molecule has 0 bridgehead atoms. The second kappa shape index (κ2) is 6.30. The van der Waals surface area contributed by atoms with E-state index in [4.69, 9.17) is 0 Å². The van der Waals surface area contributed by atoms with E-state index < -0.39 is 0 Å². The third-order valence-electron chi connectivity index (χ3n) is 5.08. The van der Waals surface area contributed by atoms with Crippen molar-refractivity contribution in [2.45, 2.75) is 57.9 Å². The molecule has 0 amide bonds. The molecule has 2 unspecified atom stereocenters. The van der Waals surface area contributed by atoms with E-state index in [2.05, 4.69) is 44.0 Å². The number of Topliss-reactive ketones (excluding diaryl/α,β-unsaturated/α-hetero) is 1. The number of nitrogens with zero attached hydrogens (tertiary/aromatic N) is 3. The smallest absolute Gasteiger partial charge is 0.158 e. The Kier molecular flexibility index (Phi) is 4.87. The van der Waals surface area contributed by atoms with Crippen molar-refractivity contribution in [2.24, 2.45) is 13.0 Å². The van der Waals surface area contributed by atoms with E-state index in [-0.39, 0.29) is 5.54 Å². The Bertz CT molecular complexity index is 506. The predicted octanol–water partition coefficient (Wildman–Crippen LogP) is 2.60. The number of carbonyl (C=O) groups excluding carboxylic acids is 1. The van der Waals surface area contributed by atoms with Crippen molar-refractivity contribution in [1.82, 2.24) is 14.7 Å². The standard InChI is InChI=1S/C17H29N3O/c1-6-14-10-15(20(5)18-14)11-16(21)17(19(3)4)9-7-8-13(2)12-17/h10,13H,6-9,11-12H2,1-5H3. The van der Waals surface area contributed by atoms with Crippen molar-refractivity contribution in [3.8, 4) is 0 Å². The number of ketones is 1. The summed E-state index contributed by atoms with van der Waals surface area (Å²) in [6.45, 7) is 4.36. The highest BCUT2D eigenvalue weighted by Gasteiger charge is 2.43. The van der Waals surface area contributed by atoms with Crippen LogP contribution in [-0.4, -0.2) is 40.1 Å². The Morgan fingerprint density at radius 2 is 2.24 bits per heavy atom. The minimum Gasteiger partial charge on any atom is -0.297 e. The second-order valence-corrected chi connectivity index (χ2v) is 6.83. The first-order chi connectivity index (χ1) is 9.89. The minimum absolute atomic E-state index is 0.283. The molecule has 1 aromatic rings. The van der Waals surface area contributed by atoms with Crippen LogP contribution < -0.4 is 0 Å². The largest absolute Gasteiger partial charge is 0.297 e. The summed E-state index contributed by atoms with van der Waals surface area (Å²) in [5.41, 5.74) is 1.82. The molecule has 0 radical (unpaired) electrons. The molecule has 2 rings (SSSR count). The fourth-order valence-electron chi connectivity index (χ4n) is 3.67.